The molecule has 1 fully saturated rings. The van der Waals surface area contributed by atoms with E-state index in [1.54, 1.807) is 18.2 Å². The molecule has 1 aromatic heterocycles. The SMILES string of the molecule is CN(C)c1ccc([C@@H](CNC(=O)c2cc3ccccc3oc2=O)N2CCOCC2)cc1. The lowest BCUT2D eigenvalue weighted by Crippen LogP contribution is -2.44. The number of hydrogen-bond acceptors (Lipinski definition) is 6. The zero-order chi connectivity index (χ0) is 21.8. The van der Waals surface area contributed by atoms with Crippen molar-refractivity contribution in [1.29, 1.82) is 0 Å². The smallest absolute Gasteiger partial charge is 0.349 e. The summed E-state index contributed by atoms with van der Waals surface area (Å²) in [7, 11) is 4.01. The quantitative estimate of drug-likeness (QED) is 0.617. The predicted molar refractivity (Wildman–Crippen MR) is 121 cm³/mol. The molecule has 0 bridgehead atoms. The topological polar surface area (TPSA) is 75.0 Å². The number of nitrogens with one attached hydrogen (secondary N) is 1. The van der Waals surface area contributed by atoms with Crippen molar-refractivity contribution >= 4 is 22.6 Å². The molecule has 1 amide bonds. The summed E-state index contributed by atoms with van der Waals surface area (Å²) in [4.78, 5) is 29.5. The Kier molecular flexibility index (Phi) is 6.34. The van der Waals surface area contributed by atoms with Crippen molar-refractivity contribution in [3.63, 3.8) is 0 Å². The van der Waals surface area contributed by atoms with Gasteiger partial charge >= 0.3 is 5.63 Å². The summed E-state index contributed by atoms with van der Waals surface area (Å²) < 4.78 is 10.8. The fourth-order valence-electron chi connectivity index (χ4n) is 3.85. The Labute approximate surface area is 181 Å². The lowest BCUT2D eigenvalue weighted by Gasteiger charge is -2.35. The van der Waals surface area contributed by atoms with E-state index in [0.717, 1.165) is 29.7 Å². The van der Waals surface area contributed by atoms with Crippen molar-refractivity contribution in [2.75, 3.05) is 51.8 Å². The normalized spacial score (nSPS) is 15.5. The van der Waals surface area contributed by atoms with E-state index in [1.807, 2.05) is 31.1 Å². The highest BCUT2D eigenvalue weighted by Crippen LogP contribution is 2.24. The first-order valence-corrected chi connectivity index (χ1v) is 10.4. The van der Waals surface area contributed by atoms with E-state index in [9.17, 15) is 9.59 Å². The molecule has 0 radical (unpaired) electrons. The van der Waals surface area contributed by atoms with Crippen molar-refractivity contribution in [3.05, 3.63) is 76.1 Å². The van der Waals surface area contributed by atoms with Crippen LogP contribution in [0.4, 0.5) is 5.69 Å². The highest BCUT2D eigenvalue weighted by molar-refractivity contribution is 5.96. The summed E-state index contributed by atoms with van der Waals surface area (Å²) in [6.07, 6.45) is 0. The highest BCUT2D eigenvalue weighted by atomic mass is 16.5. The molecular formula is C24H27N3O4. The first-order valence-electron chi connectivity index (χ1n) is 10.4. The Balaban J connectivity index is 1.55. The van der Waals surface area contributed by atoms with E-state index in [4.69, 9.17) is 9.15 Å². The van der Waals surface area contributed by atoms with Crippen LogP contribution in [0.25, 0.3) is 11.0 Å². The zero-order valence-corrected chi connectivity index (χ0v) is 17.8. The Bertz CT molecular complexity index is 1100. The molecule has 3 aromatic rings. The molecule has 4 rings (SSSR count). The monoisotopic (exact) mass is 421 g/mol. The third-order valence-corrected chi connectivity index (χ3v) is 5.62. The maximum absolute atomic E-state index is 12.9. The number of carbonyl (C=O) groups excluding carboxylic acids is 1. The number of morpholine rings is 1. The number of anilines is 1. The lowest BCUT2D eigenvalue weighted by molar-refractivity contribution is 0.0162. The molecule has 0 aliphatic carbocycles. The number of benzene rings is 2. The maximum Gasteiger partial charge on any atom is 0.349 e. The van der Waals surface area contributed by atoms with Crippen LogP contribution in [0.3, 0.4) is 0 Å². The second-order valence-electron chi connectivity index (χ2n) is 7.85. The zero-order valence-electron chi connectivity index (χ0n) is 17.8. The van der Waals surface area contributed by atoms with Crippen molar-refractivity contribution < 1.29 is 13.9 Å². The van der Waals surface area contributed by atoms with Crippen LogP contribution in [0.15, 0.2) is 63.8 Å². The van der Waals surface area contributed by atoms with Crippen molar-refractivity contribution in [3.8, 4) is 0 Å². The van der Waals surface area contributed by atoms with Crippen LogP contribution in [0.5, 0.6) is 0 Å². The predicted octanol–water partition coefficient (Wildman–Crippen LogP) is 2.66. The fourth-order valence-corrected chi connectivity index (χ4v) is 3.85. The van der Waals surface area contributed by atoms with Gasteiger partial charge in [0, 0.05) is 44.8 Å². The van der Waals surface area contributed by atoms with E-state index >= 15 is 0 Å². The second kappa shape index (κ2) is 9.32. The van der Waals surface area contributed by atoms with Gasteiger partial charge in [-0.3, -0.25) is 9.69 Å². The van der Waals surface area contributed by atoms with Crippen LogP contribution in [-0.4, -0.2) is 57.8 Å². The molecule has 0 saturated carbocycles. The van der Waals surface area contributed by atoms with Gasteiger partial charge in [0.15, 0.2) is 0 Å². The van der Waals surface area contributed by atoms with Crippen molar-refractivity contribution in [1.82, 2.24) is 10.2 Å². The molecule has 1 aliphatic heterocycles. The third kappa shape index (κ3) is 4.78. The number of ether oxygens (including phenoxy) is 1. The van der Waals surface area contributed by atoms with Gasteiger partial charge in [0.2, 0.25) is 0 Å². The molecule has 7 heteroatoms. The minimum Gasteiger partial charge on any atom is -0.422 e. The van der Waals surface area contributed by atoms with Gasteiger partial charge in [0.25, 0.3) is 5.91 Å². The summed E-state index contributed by atoms with van der Waals surface area (Å²) in [6, 6.07) is 17.1. The Morgan fingerprint density at radius 2 is 1.81 bits per heavy atom. The number of para-hydroxylation sites is 1. The van der Waals surface area contributed by atoms with Gasteiger partial charge in [-0.15, -0.1) is 0 Å². The van der Waals surface area contributed by atoms with Gasteiger partial charge < -0.3 is 19.4 Å². The number of fused-ring (bicyclic) bond motifs is 1. The molecule has 2 aromatic carbocycles. The Hall–Kier alpha value is -3.16. The van der Waals surface area contributed by atoms with Crippen LogP contribution in [0, 0.1) is 0 Å². The molecule has 1 N–H and O–H groups in total. The van der Waals surface area contributed by atoms with E-state index in [-0.39, 0.29) is 11.6 Å². The third-order valence-electron chi connectivity index (χ3n) is 5.62. The van der Waals surface area contributed by atoms with Gasteiger partial charge in [0.05, 0.1) is 19.3 Å². The van der Waals surface area contributed by atoms with E-state index in [0.29, 0.717) is 25.3 Å². The van der Waals surface area contributed by atoms with Crippen LogP contribution in [0.1, 0.15) is 22.0 Å². The van der Waals surface area contributed by atoms with Gasteiger partial charge in [-0.05, 0) is 29.8 Å². The number of carbonyl (C=O) groups is 1. The van der Waals surface area contributed by atoms with Crippen molar-refractivity contribution in [2.24, 2.45) is 0 Å². The van der Waals surface area contributed by atoms with Crippen LogP contribution < -0.4 is 15.8 Å². The average molecular weight is 421 g/mol. The molecule has 1 aliphatic rings. The first kappa shape index (κ1) is 21.1. The molecule has 1 saturated heterocycles. The van der Waals surface area contributed by atoms with Gasteiger partial charge in [-0.25, -0.2) is 4.79 Å². The minimum atomic E-state index is -0.630. The molecular weight excluding hydrogens is 394 g/mol. The average Bonchev–Trinajstić information content (AvgIpc) is 2.79. The molecule has 2 heterocycles. The lowest BCUT2D eigenvalue weighted by atomic mass is 10.0. The summed E-state index contributed by atoms with van der Waals surface area (Å²) >= 11 is 0. The van der Waals surface area contributed by atoms with E-state index < -0.39 is 11.5 Å². The largest absolute Gasteiger partial charge is 0.422 e. The molecule has 162 valence electrons. The van der Waals surface area contributed by atoms with E-state index in [2.05, 4.69) is 34.5 Å². The number of nitrogens with zero attached hydrogens (tertiary/aromatic N) is 2. The van der Waals surface area contributed by atoms with Gasteiger partial charge in [-0.1, -0.05) is 30.3 Å². The molecule has 1 atom stereocenters. The van der Waals surface area contributed by atoms with Gasteiger partial charge in [-0.2, -0.15) is 0 Å². The maximum atomic E-state index is 12.9. The van der Waals surface area contributed by atoms with Gasteiger partial charge in [0.1, 0.15) is 11.1 Å². The van der Waals surface area contributed by atoms with Crippen LogP contribution >= 0.6 is 0 Å². The summed E-state index contributed by atoms with van der Waals surface area (Å²) in [5.41, 5.74) is 2.08. The molecule has 0 unspecified atom stereocenters. The number of hydrogen-bond donors (Lipinski definition) is 1. The Morgan fingerprint density at radius 1 is 1.10 bits per heavy atom. The minimum absolute atomic E-state index is 0.0161. The first-order chi connectivity index (χ1) is 15.0. The second-order valence-corrected chi connectivity index (χ2v) is 7.85. The number of rotatable bonds is 6. The summed E-state index contributed by atoms with van der Waals surface area (Å²) in [5, 5.41) is 3.66. The summed E-state index contributed by atoms with van der Waals surface area (Å²) in [6.45, 7) is 3.28. The van der Waals surface area contributed by atoms with Crippen molar-refractivity contribution in [2.45, 2.75) is 6.04 Å². The molecule has 7 nitrogen and oxygen atoms in total. The standard InChI is InChI=1S/C24H27N3O4/c1-26(2)19-9-7-17(8-10-19)21(27-11-13-30-14-12-27)16-25-23(28)20-15-18-5-3-4-6-22(18)31-24(20)29/h3-10,15,21H,11-14,16H2,1-2H3,(H,25,28)/t21-/m1/s1. The fraction of sp³-hybridized carbons (Fsp3) is 0.333. The molecule has 0 spiro atoms. The van der Waals surface area contributed by atoms with Crippen LogP contribution in [0.2, 0.25) is 0 Å². The van der Waals surface area contributed by atoms with E-state index in [1.165, 1.54) is 0 Å². The Morgan fingerprint density at radius 3 is 2.52 bits per heavy atom. The highest BCUT2D eigenvalue weighted by Gasteiger charge is 2.24. The molecule has 31 heavy (non-hydrogen) atoms. The number of amides is 1. The van der Waals surface area contributed by atoms with Crippen LogP contribution in [-0.2, 0) is 4.74 Å². The summed E-state index contributed by atoms with van der Waals surface area (Å²) in [5.74, 6) is -0.428.